The number of amides is 3. The van der Waals surface area contributed by atoms with E-state index in [1.165, 1.54) is 4.90 Å². The van der Waals surface area contributed by atoms with E-state index in [-0.39, 0.29) is 18.2 Å². The molecule has 1 aromatic heterocycles. The van der Waals surface area contributed by atoms with E-state index < -0.39 is 12.1 Å². The molecular formula is C20H17N3O3. The van der Waals surface area contributed by atoms with Gasteiger partial charge < -0.3 is 4.98 Å². The van der Waals surface area contributed by atoms with E-state index in [1.54, 1.807) is 37.4 Å². The molecule has 0 saturated carbocycles. The van der Waals surface area contributed by atoms with E-state index in [0.29, 0.717) is 11.3 Å². The fourth-order valence-corrected chi connectivity index (χ4v) is 3.33. The molecule has 2 aromatic carbocycles. The summed E-state index contributed by atoms with van der Waals surface area (Å²) in [6.45, 7) is 1.40. The third kappa shape index (κ3) is 2.47. The van der Waals surface area contributed by atoms with Crippen molar-refractivity contribution in [2.24, 2.45) is 0 Å². The van der Waals surface area contributed by atoms with Gasteiger partial charge in [0.25, 0.3) is 5.91 Å². The molecule has 1 atom stereocenters. The van der Waals surface area contributed by atoms with Gasteiger partial charge in [-0.1, -0.05) is 36.4 Å². The van der Waals surface area contributed by atoms with Crippen molar-refractivity contribution in [2.45, 2.75) is 13.0 Å². The molecule has 1 N–H and O–H groups in total. The van der Waals surface area contributed by atoms with E-state index in [0.717, 1.165) is 15.8 Å². The maximum absolute atomic E-state index is 12.8. The van der Waals surface area contributed by atoms with Crippen molar-refractivity contribution in [1.29, 1.82) is 0 Å². The largest absolute Gasteiger partial charge is 0.360 e. The van der Waals surface area contributed by atoms with Gasteiger partial charge in [0.2, 0.25) is 0 Å². The quantitative estimate of drug-likeness (QED) is 0.582. The predicted octanol–water partition coefficient (Wildman–Crippen LogP) is 3.21. The second kappa shape index (κ2) is 6.15. The van der Waals surface area contributed by atoms with Crippen LogP contribution in [0.25, 0.3) is 10.9 Å². The summed E-state index contributed by atoms with van der Waals surface area (Å²) in [6.07, 6.45) is 1.62. The minimum absolute atomic E-state index is 0.271. The molecule has 0 spiro atoms. The number of imide groups is 1. The Hall–Kier alpha value is -3.41. The number of Topliss-reactive ketones (excluding diaryl/α,β-unsaturated/α-hetero) is 1. The third-order valence-corrected chi connectivity index (χ3v) is 4.67. The number of benzene rings is 2. The van der Waals surface area contributed by atoms with Crippen molar-refractivity contribution in [1.82, 2.24) is 9.88 Å². The lowest BCUT2D eigenvalue weighted by Crippen LogP contribution is -2.37. The predicted molar refractivity (Wildman–Crippen MR) is 98.1 cm³/mol. The van der Waals surface area contributed by atoms with E-state index in [1.807, 2.05) is 30.3 Å². The maximum atomic E-state index is 12.8. The molecule has 3 aromatic rings. The highest BCUT2D eigenvalue weighted by atomic mass is 16.2. The van der Waals surface area contributed by atoms with Gasteiger partial charge in [-0.3, -0.25) is 19.4 Å². The number of aromatic amines is 1. The van der Waals surface area contributed by atoms with Gasteiger partial charge in [0, 0.05) is 28.4 Å². The van der Waals surface area contributed by atoms with Crippen molar-refractivity contribution < 1.29 is 14.4 Å². The molecule has 1 unspecified atom stereocenters. The maximum Gasteiger partial charge on any atom is 0.332 e. The standard InChI is InChI=1S/C20H17N3O3/c1-13-19(25)22(20(26)23(13)14-7-3-2-4-8-14)12-18(24)16-11-21-17-10-6-5-9-15(16)17/h2-11,13,21H,12H2,1H3. The molecular weight excluding hydrogens is 330 g/mol. The van der Waals surface area contributed by atoms with Crippen LogP contribution in [0.15, 0.2) is 60.8 Å². The zero-order valence-electron chi connectivity index (χ0n) is 14.2. The summed E-state index contributed by atoms with van der Waals surface area (Å²) < 4.78 is 0. The van der Waals surface area contributed by atoms with Crippen LogP contribution in [0.3, 0.4) is 0 Å². The van der Waals surface area contributed by atoms with Gasteiger partial charge in [-0.25, -0.2) is 4.79 Å². The number of H-pyrrole nitrogens is 1. The number of carbonyl (C=O) groups excluding carboxylic acids is 3. The first-order valence-corrected chi connectivity index (χ1v) is 8.37. The van der Waals surface area contributed by atoms with Crippen LogP contribution in [-0.4, -0.2) is 40.2 Å². The minimum Gasteiger partial charge on any atom is -0.360 e. The Kier molecular flexibility index (Phi) is 3.80. The molecule has 26 heavy (non-hydrogen) atoms. The Morgan fingerprint density at radius 2 is 1.73 bits per heavy atom. The molecule has 1 aliphatic heterocycles. The SMILES string of the molecule is CC1C(=O)N(CC(=O)c2c[nH]c3ccccc23)C(=O)N1c1ccccc1. The van der Waals surface area contributed by atoms with Gasteiger partial charge in [0.05, 0.1) is 6.54 Å². The molecule has 4 rings (SSSR count). The topological polar surface area (TPSA) is 73.5 Å². The van der Waals surface area contributed by atoms with E-state index in [9.17, 15) is 14.4 Å². The van der Waals surface area contributed by atoms with Crippen molar-refractivity contribution in [3.63, 3.8) is 0 Å². The number of nitrogens with one attached hydrogen (secondary N) is 1. The number of nitrogens with zero attached hydrogens (tertiary/aromatic N) is 2. The van der Waals surface area contributed by atoms with Crippen LogP contribution >= 0.6 is 0 Å². The highest BCUT2D eigenvalue weighted by molar-refractivity contribution is 6.18. The summed E-state index contributed by atoms with van der Waals surface area (Å²) in [7, 11) is 0. The van der Waals surface area contributed by atoms with Crippen molar-refractivity contribution >= 4 is 34.3 Å². The van der Waals surface area contributed by atoms with Crippen LogP contribution in [0, 0.1) is 0 Å². The lowest BCUT2D eigenvalue weighted by Gasteiger charge is -2.19. The molecule has 0 aliphatic carbocycles. The van der Waals surface area contributed by atoms with Crippen LogP contribution < -0.4 is 4.90 Å². The summed E-state index contributed by atoms with van der Waals surface area (Å²) in [6, 6.07) is 15.3. The number of aromatic nitrogens is 1. The summed E-state index contributed by atoms with van der Waals surface area (Å²) in [5.41, 5.74) is 1.96. The number of hydrogen-bond donors (Lipinski definition) is 1. The molecule has 3 amide bonds. The van der Waals surface area contributed by atoms with Crippen molar-refractivity contribution in [2.75, 3.05) is 11.4 Å². The Balaban J connectivity index is 1.61. The van der Waals surface area contributed by atoms with Crippen LogP contribution in [-0.2, 0) is 4.79 Å². The molecule has 1 fully saturated rings. The number of rotatable bonds is 4. The normalized spacial score (nSPS) is 17.3. The molecule has 1 aliphatic rings. The van der Waals surface area contributed by atoms with Crippen molar-refractivity contribution in [3.05, 3.63) is 66.4 Å². The van der Waals surface area contributed by atoms with E-state index in [2.05, 4.69) is 4.98 Å². The molecule has 130 valence electrons. The van der Waals surface area contributed by atoms with Gasteiger partial charge in [0.15, 0.2) is 5.78 Å². The molecule has 6 nitrogen and oxygen atoms in total. The number of urea groups is 1. The van der Waals surface area contributed by atoms with E-state index >= 15 is 0 Å². The summed E-state index contributed by atoms with van der Waals surface area (Å²) >= 11 is 0. The molecule has 0 bridgehead atoms. The molecule has 0 radical (unpaired) electrons. The number of hydrogen-bond acceptors (Lipinski definition) is 3. The Morgan fingerprint density at radius 3 is 2.50 bits per heavy atom. The molecule has 1 saturated heterocycles. The molecule has 6 heteroatoms. The third-order valence-electron chi connectivity index (χ3n) is 4.67. The monoisotopic (exact) mass is 347 g/mol. The zero-order chi connectivity index (χ0) is 18.3. The second-order valence-corrected chi connectivity index (χ2v) is 6.26. The average molecular weight is 347 g/mol. The number of anilines is 1. The van der Waals surface area contributed by atoms with E-state index in [4.69, 9.17) is 0 Å². The van der Waals surface area contributed by atoms with Gasteiger partial charge in [-0.05, 0) is 25.1 Å². The van der Waals surface area contributed by atoms with Gasteiger partial charge in [-0.2, -0.15) is 0 Å². The number of carbonyl (C=O) groups is 3. The smallest absolute Gasteiger partial charge is 0.332 e. The summed E-state index contributed by atoms with van der Waals surface area (Å²) in [5.74, 6) is -0.640. The molecule has 2 heterocycles. The number of para-hydroxylation sites is 2. The Morgan fingerprint density at radius 1 is 1.04 bits per heavy atom. The average Bonchev–Trinajstić information content (AvgIpc) is 3.18. The first kappa shape index (κ1) is 16.1. The fraction of sp³-hybridized carbons (Fsp3) is 0.150. The Labute approximate surface area is 150 Å². The lowest BCUT2D eigenvalue weighted by atomic mass is 10.1. The first-order chi connectivity index (χ1) is 12.6. The van der Waals surface area contributed by atoms with Crippen LogP contribution in [0.4, 0.5) is 10.5 Å². The van der Waals surface area contributed by atoms with Gasteiger partial charge in [-0.15, -0.1) is 0 Å². The highest BCUT2D eigenvalue weighted by Gasteiger charge is 2.44. The second-order valence-electron chi connectivity index (χ2n) is 6.26. The van der Waals surface area contributed by atoms with Crippen LogP contribution in [0.5, 0.6) is 0 Å². The van der Waals surface area contributed by atoms with Gasteiger partial charge >= 0.3 is 6.03 Å². The van der Waals surface area contributed by atoms with Crippen LogP contribution in [0.1, 0.15) is 17.3 Å². The fourth-order valence-electron chi connectivity index (χ4n) is 3.33. The zero-order valence-corrected chi connectivity index (χ0v) is 14.2. The Bertz CT molecular complexity index is 1010. The highest BCUT2D eigenvalue weighted by Crippen LogP contribution is 2.26. The lowest BCUT2D eigenvalue weighted by molar-refractivity contribution is -0.126. The number of fused-ring (bicyclic) bond motifs is 1. The number of ketones is 1. The van der Waals surface area contributed by atoms with Gasteiger partial charge in [0.1, 0.15) is 6.04 Å². The van der Waals surface area contributed by atoms with Crippen LogP contribution in [0.2, 0.25) is 0 Å². The summed E-state index contributed by atoms with van der Waals surface area (Å²) in [4.78, 5) is 43.6. The summed E-state index contributed by atoms with van der Waals surface area (Å²) in [5, 5.41) is 0.782. The van der Waals surface area contributed by atoms with Crippen molar-refractivity contribution in [3.8, 4) is 0 Å². The first-order valence-electron chi connectivity index (χ1n) is 8.37. The minimum atomic E-state index is -0.638.